The molecule has 28 heavy (non-hydrogen) atoms. The van der Waals surface area contributed by atoms with E-state index in [1.807, 2.05) is 36.3 Å². The van der Waals surface area contributed by atoms with Crippen molar-refractivity contribution in [2.24, 2.45) is 7.05 Å². The number of pyridine rings is 1. The van der Waals surface area contributed by atoms with Crippen molar-refractivity contribution < 1.29 is 4.79 Å². The van der Waals surface area contributed by atoms with E-state index < -0.39 is 0 Å². The third-order valence-electron chi connectivity index (χ3n) is 5.37. The molecule has 1 aliphatic heterocycles. The first-order chi connectivity index (χ1) is 13.4. The maximum atomic E-state index is 13.4. The van der Waals surface area contributed by atoms with Gasteiger partial charge in [0, 0.05) is 37.0 Å². The molecule has 0 aromatic carbocycles. The molecule has 7 nitrogen and oxygen atoms in total. The fourth-order valence-electron chi connectivity index (χ4n) is 3.80. The number of aromatic amines is 1. The van der Waals surface area contributed by atoms with Gasteiger partial charge in [-0.25, -0.2) is 0 Å². The van der Waals surface area contributed by atoms with Crippen LogP contribution >= 0.6 is 0 Å². The molecule has 1 fully saturated rings. The van der Waals surface area contributed by atoms with Crippen LogP contribution in [-0.2, 0) is 12.5 Å². The van der Waals surface area contributed by atoms with Crippen molar-refractivity contribution in [1.29, 1.82) is 0 Å². The van der Waals surface area contributed by atoms with E-state index >= 15 is 0 Å². The zero-order valence-electron chi connectivity index (χ0n) is 16.8. The summed E-state index contributed by atoms with van der Waals surface area (Å²) >= 11 is 0. The summed E-state index contributed by atoms with van der Waals surface area (Å²) in [4.78, 5) is 19.4. The van der Waals surface area contributed by atoms with Crippen LogP contribution in [-0.4, -0.2) is 42.3 Å². The molecule has 1 atom stereocenters. The van der Waals surface area contributed by atoms with Crippen molar-refractivity contribution >= 4 is 5.91 Å². The zero-order valence-corrected chi connectivity index (χ0v) is 16.8. The molecule has 1 N–H and O–H groups in total. The lowest BCUT2D eigenvalue weighted by Crippen LogP contribution is -2.32. The highest BCUT2D eigenvalue weighted by Gasteiger charge is 2.35. The van der Waals surface area contributed by atoms with E-state index in [2.05, 4.69) is 41.1 Å². The van der Waals surface area contributed by atoms with E-state index in [9.17, 15) is 4.79 Å². The predicted molar refractivity (Wildman–Crippen MR) is 107 cm³/mol. The van der Waals surface area contributed by atoms with Gasteiger partial charge >= 0.3 is 0 Å². The number of likely N-dealkylation sites (tertiary alicyclic amines) is 1. The highest BCUT2D eigenvalue weighted by Crippen LogP contribution is 2.37. The van der Waals surface area contributed by atoms with E-state index in [4.69, 9.17) is 0 Å². The Bertz CT molecular complexity index is 982. The standard InChI is InChI=1S/C21H26N6O/c1-21(2,3)18-12-17(26(4)25-18)20(28)27-11-5-6-16(27)19-15(13-23-24-19)14-7-9-22-10-8-14/h7-10,12-13,16H,5-6,11H2,1-4H3,(H,23,24)/t16-/m1/s1. The smallest absolute Gasteiger partial charge is 0.272 e. The molecule has 1 aliphatic rings. The molecule has 3 aromatic rings. The topological polar surface area (TPSA) is 79.7 Å². The van der Waals surface area contributed by atoms with Gasteiger partial charge in [-0.1, -0.05) is 20.8 Å². The molecule has 0 spiro atoms. The maximum absolute atomic E-state index is 13.4. The lowest BCUT2D eigenvalue weighted by atomic mass is 9.92. The minimum absolute atomic E-state index is 0.0169. The van der Waals surface area contributed by atoms with E-state index in [0.717, 1.165) is 41.9 Å². The van der Waals surface area contributed by atoms with Crippen molar-refractivity contribution in [1.82, 2.24) is 29.9 Å². The second kappa shape index (κ2) is 6.89. The third kappa shape index (κ3) is 3.21. The van der Waals surface area contributed by atoms with Crippen LogP contribution in [0.5, 0.6) is 0 Å². The van der Waals surface area contributed by atoms with E-state index in [1.165, 1.54) is 0 Å². The average molecular weight is 378 g/mol. The number of hydrogen-bond donors (Lipinski definition) is 1. The van der Waals surface area contributed by atoms with E-state index in [0.29, 0.717) is 5.69 Å². The summed E-state index contributed by atoms with van der Waals surface area (Å²) in [7, 11) is 1.84. The maximum Gasteiger partial charge on any atom is 0.272 e. The Hall–Kier alpha value is -2.96. The summed E-state index contributed by atoms with van der Waals surface area (Å²) < 4.78 is 1.70. The monoisotopic (exact) mass is 378 g/mol. The molecule has 3 aromatic heterocycles. The molecule has 0 radical (unpaired) electrons. The van der Waals surface area contributed by atoms with Crippen LogP contribution in [0.2, 0.25) is 0 Å². The number of carbonyl (C=O) groups is 1. The highest BCUT2D eigenvalue weighted by atomic mass is 16.2. The van der Waals surface area contributed by atoms with Crippen LogP contribution in [0.1, 0.15) is 61.5 Å². The highest BCUT2D eigenvalue weighted by molar-refractivity contribution is 5.93. The van der Waals surface area contributed by atoms with Crippen LogP contribution in [0.4, 0.5) is 0 Å². The SMILES string of the molecule is Cn1nc(C(C)(C)C)cc1C(=O)N1CCC[C@@H]1c1[nH]ncc1-c1ccncc1. The van der Waals surface area contributed by atoms with Gasteiger partial charge < -0.3 is 4.90 Å². The minimum atomic E-state index is -0.0986. The quantitative estimate of drug-likeness (QED) is 0.757. The second-order valence-corrected chi connectivity index (χ2v) is 8.38. The number of nitrogens with one attached hydrogen (secondary N) is 1. The van der Waals surface area contributed by atoms with Crippen LogP contribution in [0.3, 0.4) is 0 Å². The first kappa shape index (κ1) is 18.4. The van der Waals surface area contributed by atoms with E-state index in [1.54, 1.807) is 17.1 Å². The number of amides is 1. The molecule has 0 unspecified atom stereocenters. The van der Waals surface area contributed by atoms with E-state index in [-0.39, 0.29) is 17.4 Å². The first-order valence-corrected chi connectivity index (χ1v) is 9.65. The van der Waals surface area contributed by atoms with Gasteiger partial charge in [0.15, 0.2) is 0 Å². The van der Waals surface area contributed by atoms with Crippen molar-refractivity contribution in [2.45, 2.75) is 45.1 Å². The number of aromatic nitrogens is 5. The van der Waals surface area contributed by atoms with Gasteiger partial charge in [-0.05, 0) is 36.6 Å². The Morgan fingerprint density at radius 1 is 1.25 bits per heavy atom. The Morgan fingerprint density at radius 2 is 2.00 bits per heavy atom. The number of aryl methyl sites for hydroxylation is 1. The molecule has 7 heteroatoms. The second-order valence-electron chi connectivity index (χ2n) is 8.38. The average Bonchev–Trinajstić information content (AvgIpc) is 3.39. The molecular weight excluding hydrogens is 352 g/mol. The summed E-state index contributed by atoms with van der Waals surface area (Å²) in [6, 6.07) is 5.83. The largest absolute Gasteiger partial charge is 0.329 e. The van der Waals surface area contributed by atoms with Gasteiger partial charge in [0.05, 0.1) is 23.6 Å². The normalized spacial score (nSPS) is 17.3. The molecule has 4 heterocycles. The number of rotatable bonds is 3. The van der Waals surface area contributed by atoms with Crippen LogP contribution in [0, 0.1) is 0 Å². The fourth-order valence-corrected chi connectivity index (χ4v) is 3.80. The third-order valence-corrected chi connectivity index (χ3v) is 5.37. The van der Waals surface area contributed by atoms with Gasteiger partial charge in [-0.3, -0.25) is 19.6 Å². The number of nitrogens with zero attached hydrogens (tertiary/aromatic N) is 5. The summed E-state index contributed by atoms with van der Waals surface area (Å²) in [5.41, 5.74) is 4.50. The summed E-state index contributed by atoms with van der Waals surface area (Å²) in [6.07, 6.45) is 7.25. The first-order valence-electron chi connectivity index (χ1n) is 9.65. The molecule has 0 saturated carbocycles. The Morgan fingerprint density at radius 3 is 2.68 bits per heavy atom. The number of carbonyl (C=O) groups excluding carboxylic acids is 1. The van der Waals surface area contributed by atoms with Gasteiger partial charge in [-0.15, -0.1) is 0 Å². The van der Waals surface area contributed by atoms with Crippen molar-refractivity contribution in [3.8, 4) is 11.1 Å². The van der Waals surface area contributed by atoms with Gasteiger partial charge in [0.2, 0.25) is 0 Å². The summed E-state index contributed by atoms with van der Waals surface area (Å²) in [5.74, 6) is 0.0169. The van der Waals surface area contributed by atoms with Gasteiger partial charge in [0.25, 0.3) is 5.91 Å². The van der Waals surface area contributed by atoms with Crippen LogP contribution in [0.15, 0.2) is 36.8 Å². The fraction of sp³-hybridized carbons (Fsp3) is 0.429. The lowest BCUT2D eigenvalue weighted by molar-refractivity contribution is 0.0722. The summed E-state index contributed by atoms with van der Waals surface area (Å²) in [5, 5.41) is 12.0. The molecule has 1 saturated heterocycles. The molecule has 1 amide bonds. The minimum Gasteiger partial charge on any atom is -0.329 e. The lowest BCUT2D eigenvalue weighted by Gasteiger charge is -2.24. The van der Waals surface area contributed by atoms with Crippen molar-refractivity contribution in [3.63, 3.8) is 0 Å². The molecule has 0 bridgehead atoms. The van der Waals surface area contributed by atoms with Crippen molar-refractivity contribution in [2.75, 3.05) is 6.54 Å². The van der Waals surface area contributed by atoms with Crippen LogP contribution < -0.4 is 0 Å². The number of H-pyrrole nitrogens is 1. The number of hydrogen-bond acceptors (Lipinski definition) is 4. The van der Waals surface area contributed by atoms with Gasteiger partial charge in [-0.2, -0.15) is 10.2 Å². The zero-order chi connectivity index (χ0) is 19.9. The molecular formula is C21H26N6O. The molecule has 146 valence electrons. The molecule has 0 aliphatic carbocycles. The molecule has 4 rings (SSSR count). The Labute approximate surface area is 164 Å². The van der Waals surface area contributed by atoms with Crippen LogP contribution in [0.25, 0.3) is 11.1 Å². The Balaban J connectivity index is 1.66. The summed E-state index contributed by atoms with van der Waals surface area (Å²) in [6.45, 7) is 7.05. The predicted octanol–water partition coefficient (Wildman–Crippen LogP) is 3.48. The Kier molecular flexibility index (Phi) is 4.53. The van der Waals surface area contributed by atoms with Crippen molar-refractivity contribution in [3.05, 3.63) is 53.9 Å². The van der Waals surface area contributed by atoms with Gasteiger partial charge in [0.1, 0.15) is 5.69 Å².